The summed E-state index contributed by atoms with van der Waals surface area (Å²) >= 11 is 0. The van der Waals surface area contributed by atoms with Gasteiger partial charge < -0.3 is 14.7 Å². The minimum absolute atomic E-state index is 0.191. The van der Waals surface area contributed by atoms with E-state index in [1.54, 1.807) is 13.4 Å². The highest BCUT2D eigenvalue weighted by Crippen LogP contribution is 2.34. The number of aliphatic hydroxyl groups is 1. The smallest absolute Gasteiger partial charge is 0.135 e. The lowest BCUT2D eigenvalue weighted by molar-refractivity contribution is -0.0489. The molecule has 0 aromatic carbocycles. The molecular weight excluding hydrogens is 266 g/mol. The van der Waals surface area contributed by atoms with Gasteiger partial charge in [-0.3, -0.25) is 0 Å². The molecule has 0 spiro atoms. The summed E-state index contributed by atoms with van der Waals surface area (Å²) in [7, 11) is 1.68. The van der Waals surface area contributed by atoms with Crippen molar-refractivity contribution in [1.29, 1.82) is 0 Å². The van der Waals surface area contributed by atoms with Crippen LogP contribution < -0.4 is 4.90 Å². The molecule has 1 aliphatic rings. The molecule has 1 fully saturated rings. The standard InChI is InChI=1S/C16H27N3O2/c1-12(2)14-9-17-11-18-15(14)19-7-5-16(20,6-8-21-4)13(3)10-19/h9,11-13,20H,5-8,10H2,1-4H3/t13-,16-/m1/s1. The molecule has 2 heterocycles. The number of nitrogens with zero attached hydrogens (tertiary/aromatic N) is 3. The third-order valence-corrected chi connectivity index (χ3v) is 4.61. The van der Waals surface area contributed by atoms with Crippen molar-refractivity contribution in [2.24, 2.45) is 5.92 Å². The van der Waals surface area contributed by atoms with Crippen LogP contribution in [0.1, 0.15) is 45.1 Å². The summed E-state index contributed by atoms with van der Waals surface area (Å²) < 4.78 is 5.13. The molecule has 5 nitrogen and oxygen atoms in total. The first-order chi connectivity index (χ1) is 9.98. The van der Waals surface area contributed by atoms with Crippen LogP contribution in [0.15, 0.2) is 12.5 Å². The lowest BCUT2D eigenvalue weighted by Gasteiger charge is -2.44. The Morgan fingerprint density at radius 1 is 1.52 bits per heavy atom. The topological polar surface area (TPSA) is 58.5 Å². The van der Waals surface area contributed by atoms with Crippen LogP contribution in [0.25, 0.3) is 0 Å². The largest absolute Gasteiger partial charge is 0.389 e. The molecule has 0 amide bonds. The zero-order valence-corrected chi connectivity index (χ0v) is 13.5. The van der Waals surface area contributed by atoms with E-state index in [-0.39, 0.29) is 5.92 Å². The van der Waals surface area contributed by atoms with Crippen LogP contribution in [-0.2, 0) is 4.74 Å². The van der Waals surface area contributed by atoms with Gasteiger partial charge in [0.2, 0.25) is 0 Å². The molecule has 5 heteroatoms. The Balaban J connectivity index is 2.12. The fourth-order valence-corrected chi connectivity index (χ4v) is 3.01. The average molecular weight is 293 g/mol. The Morgan fingerprint density at radius 2 is 2.29 bits per heavy atom. The molecule has 1 aliphatic heterocycles. The minimum atomic E-state index is -0.627. The lowest BCUT2D eigenvalue weighted by atomic mass is 9.79. The molecule has 118 valence electrons. The van der Waals surface area contributed by atoms with E-state index in [1.165, 1.54) is 5.56 Å². The molecule has 0 aliphatic carbocycles. The van der Waals surface area contributed by atoms with Crippen molar-refractivity contribution in [2.75, 3.05) is 31.7 Å². The van der Waals surface area contributed by atoms with Crippen molar-refractivity contribution in [3.63, 3.8) is 0 Å². The number of methoxy groups -OCH3 is 1. The van der Waals surface area contributed by atoms with Crippen molar-refractivity contribution in [3.8, 4) is 0 Å². The van der Waals surface area contributed by atoms with Crippen LogP contribution in [0.4, 0.5) is 5.82 Å². The summed E-state index contributed by atoms with van der Waals surface area (Å²) in [6.45, 7) is 8.66. The SMILES string of the molecule is COCC[C@]1(O)CCN(c2ncncc2C(C)C)C[C@H]1C. The van der Waals surface area contributed by atoms with E-state index in [9.17, 15) is 5.11 Å². The van der Waals surface area contributed by atoms with Crippen LogP contribution in [0.3, 0.4) is 0 Å². The van der Waals surface area contributed by atoms with E-state index in [2.05, 4.69) is 35.6 Å². The quantitative estimate of drug-likeness (QED) is 0.902. The highest BCUT2D eigenvalue weighted by atomic mass is 16.5. The van der Waals surface area contributed by atoms with Gasteiger partial charge in [-0.25, -0.2) is 9.97 Å². The van der Waals surface area contributed by atoms with E-state index in [1.807, 2.05) is 6.20 Å². The average Bonchev–Trinajstić information content (AvgIpc) is 2.48. The summed E-state index contributed by atoms with van der Waals surface area (Å²) in [5, 5.41) is 10.8. The maximum absolute atomic E-state index is 10.8. The van der Waals surface area contributed by atoms with E-state index in [0.29, 0.717) is 18.9 Å². The Morgan fingerprint density at radius 3 is 2.90 bits per heavy atom. The van der Waals surface area contributed by atoms with Gasteiger partial charge in [0.15, 0.2) is 0 Å². The second kappa shape index (κ2) is 6.71. The molecule has 1 aromatic heterocycles. The van der Waals surface area contributed by atoms with Crippen molar-refractivity contribution in [3.05, 3.63) is 18.1 Å². The molecule has 0 saturated carbocycles. The summed E-state index contributed by atoms with van der Waals surface area (Å²) in [4.78, 5) is 10.9. The van der Waals surface area contributed by atoms with Crippen molar-refractivity contribution >= 4 is 5.82 Å². The number of hydrogen-bond acceptors (Lipinski definition) is 5. The van der Waals surface area contributed by atoms with E-state index < -0.39 is 5.60 Å². The van der Waals surface area contributed by atoms with Gasteiger partial charge in [0.05, 0.1) is 5.60 Å². The number of rotatable bonds is 5. The normalized spacial score (nSPS) is 26.4. The first-order valence-corrected chi connectivity index (χ1v) is 7.74. The van der Waals surface area contributed by atoms with Gasteiger partial charge in [0, 0.05) is 44.5 Å². The molecule has 2 rings (SSSR count). The molecule has 0 unspecified atom stereocenters. The summed E-state index contributed by atoms with van der Waals surface area (Å²) in [5.74, 6) is 1.60. The lowest BCUT2D eigenvalue weighted by Crippen LogP contribution is -2.51. The molecule has 1 N–H and O–H groups in total. The predicted molar refractivity (Wildman–Crippen MR) is 83.6 cm³/mol. The molecule has 21 heavy (non-hydrogen) atoms. The molecule has 1 aromatic rings. The van der Waals surface area contributed by atoms with Crippen molar-refractivity contribution in [2.45, 2.75) is 45.1 Å². The maximum atomic E-state index is 10.8. The molecule has 2 atom stereocenters. The molecular formula is C16H27N3O2. The van der Waals surface area contributed by atoms with Crippen molar-refractivity contribution < 1.29 is 9.84 Å². The fourth-order valence-electron chi connectivity index (χ4n) is 3.01. The second-order valence-corrected chi connectivity index (χ2v) is 6.40. The number of hydrogen-bond donors (Lipinski definition) is 1. The van der Waals surface area contributed by atoms with Crippen molar-refractivity contribution in [1.82, 2.24) is 9.97 Å². The van der Waals surface area contributed by atoms with Gasteiger partial charge in [-0.05, 0) is 18.8 Å². The third kappa shape index (κ3) is 3.52. The van der Waals surface area contributed by atoms with Crippen LogP contribution in [0.5, 0.6) is 0 Å². The fraction of sp³-hybridized carbons (Fsp3) is 0.750. The first-order valence-electron chi connectivity index (χ1n) is 7.74. The monoisotopic (exact) mass is 293 g/mol. The zero-order valence-electron chi connectivity index (χ0n) is 13.5. The Kier molecular flexibility index (Phi) is 5.17. The zero-order chi connectivity index (χ0) is 15.5. The number of piperidine rings is 1. The van der Waals surface area contributed by atoms with Crippen LogP contribution in [-0.4, -0.2) is 47.5 Å². The van der Waals surface area contributed by atoms with E-state index >= 15 is 0 Å². The molecule has 0 bridgehead atoms. The number of anilines is 1. The summed E-state index contributed by atoms with van der Waals surface area (Å²) in [5.41, 5.74) is 0.546. The van der Waals surface area contributed by atoms with E-state index in [4.69, 9.17) is 4.74 Å². The first kappa shape index (κ1) is 16.2. The Hall–Kier alpha value is -1.20. The van der Waals surface area contributed by atoms with Gasteiger partial charge in [-0.15, -0.1) is 0 Å². The van der Waals surface area contributed by atoms with Gasteiger partial charge >= 0.3 is 0 Å². The van der Waals surface area contributed by atoms with Crippen LogP contribution in [0.2, 0.25) is 0 Å². The molecule has 1 saturated heterocycles. The van der Waals surface area contributed by atoms with Crippen LogP contribution in [0, 0.1) is 5.92 Å². The highest BCUT2D eigenvalue weighted by Gasteiger charge is 2.39. The van der Waals surface area contributed by atoms with Crippen LogP contribution >= 0.6 is 0 Å². The number of aromatic nitrogens is 2. The third-order valence-electron chi connectivity index (χ3n) is 4.61. The van der Waals surface area contributed by atoms with E-state index in [0.717, 1.165) is 25.3 Å². The number of ether oxygens (including phenoxy) is 1. The maximum Gasteiger partial charge on any atom is 0.135 e. The Labute approximate surface area is 127 Å². The highest BCUT2D eigenvalue weighted by molar-refractivity contribution is 5.47. The Bertz CT molecular complexity index is 467. The predicted octanol–water partition coefficient (Wildman–Crippen LogP) is 2.21. The second-order valence-electron chi connectivity index (χ2n) is 6.40. The van der Waals surface area contributed by atoms with Gasteiger partial charge in [-0.1, -0.05) is 20.8 Å². The van der Waals surface area contributed by atoms with Gasteiger partial charge in [-0.2, -0.15) is 0 Å². The minimum Gasteiger partial charge on any atom is -0.389 e. The summed E-state index contributed by atoms with van der Waals surface area (Å²) in [6, 6.07) is 0. The molecule has 0 radical (unpaired) electrons. The van der Waals surface area contributed by atoms with Gasteiger partial charge in [0.25, 0.3) is 0 Å². The summed E-state index contributed by atoms with van der Waals surface area (Å²) in [6.07, 6.45) is 4.96. The van der Waals surface area contributed by atoms with Gasteiger partial charge in [0.1, 0.15) is 12.1 Å².